The first-order valence-corrected chi connectivity index (χ1v) is 10.4. The highest BCUT2D eigenvalue weighted by molar-refractivity contribution is 7.92. The second kappa shape index (κ2) is 7.31. The van der Waals surface area contributed by atoms with Crippen LogP contribution in [-0.4, -0.2) is 27.5 Å². The largest absolute Gasteiger partial charge is 0.490 e. The summed E-state index contributed by atoms with van der Waals surface area (Å²) in [5.74, 6) is 0.420. The Morgan fingerprint density at radius 1 is 1.21 bits per heavy atom. The summed E-state index contributed by atoms with van der Waals surface area (Å²) in [6.07, 6.45) is 1.63. The van der Waals surface area contributed by atoms with Crippen molar-refractivity contribution in [3.8, 4) is 5.75 Å². The van der Waals surface area contributed by atoms with Crippen molar-refractivity contribution in [2.45, 2.75) is 25.7 Å². The van der Waals surface area contributed by atoms with Crippen LogP contribution in [0.4, 0.5) is 11.4 Å². The topological polar surface area (TPSA) is 75.7 Å². The van der Waals surface area contributed by atoms with Crippen LogP contribution in [0.3, 0.4) is 0 Å². The summed E-state index contributed by atoms with van der Waals surface area (Å²) in [4.78, 5) is 14.7. The zero-order chi connectivity index (χ0) is 20.5. The standard InChI is InChI=1S/C21H24N2O4S/c1-5-12-23-18-13-16(8-11-19(18)27-14-21(3,4)20(23)24)22-28(25,26)17-9-6-15(2)7-10-17/h5-11,13,22H,1,12,14H2,2-4H3. The summed E-state index contributed by atoms with van der Waals surface area (Å²) >= 11 is 0. The Labute approximate surface area is 165 Å². The first-order valence-electron chi connectivity index (χ1n) is 8.93. The third-order valence-corrected chi connectivity index (χ3v) is 5.95. The number of ether oxygens (including phenoxy) is 1. The zero-order valence-electron chi connectivity index (χ0n) is 16.2. The summed E-state index contributed by atoms with van der Waals surface area (Å²) in [5, 5.41) is 0. The molecular formula is C21H24N2O4S. The summed E-state index contributed by atoms with van der Waals surface area (Å²) in [5.41, 5.74) is 1.13. The zero-order valence-corrected chi connectivity index (χ0v) is 17.0. The molecule has 1 aliphatic rings. The lowest BCUT2D eigenvalue weighted by atomic mass is 9.93. The van der Waals surface area contributed by atoms with E-state index in [0.29, 0.717) is 23.7 Å². The van der Waals surface area contributed by atoms with Gasteiger partial charge >= 0.3 is 0 Å². The molecule has 2 aromatic carbocycles. The number of hydrogen-bond acceptors (Lipinski definition) is 4. The number of rotatable bonds is 5. The maximum atomic E-state index is 12.9. The van der Waals surface area contributed by atoms with E-state index in [2.05, 4.69) is 11.3 Å². The van der Waals surface area contributed by atoms with Crippen LogP contribution < -0.4 is 14.4 Å². The van der Waals surface area contributed by atoms with Gasteiger partial charge in [0, 0.05) is 6.54 Å². The van der Waals surface area contributed by atoms with Gasteiger partial charge in [0.25, 0.3) is 10.0 Å². The van der Waals surface area contributed by atoms with Gasteiger partial charge in [-0.25, -0.2) is 8.42 Å². The minimum atomic E-state index is -3.75. The van der Waals surface area contributed by atoms with Crippen LogP contribution in [-0.2, 0) is 14.8 Å². The molecule has 0 aliphatic carbocycles. The number of benzene rings is 2. The van der Waals surface area contributed by atoms with E-state index in [0.717, 1.165) is 5.56 Å². The Bertz CT molecular complexity index is 1010. The molecule has 1 N–H and O–H groups in total. The van der Waals surface area contributed by atoms with Gasteiger partial charge in [0.1, 0.15) is 12.4 Å². The molecule has 148 valence electrons. The SMILES string of the molecule is C=CCN1C(=O)C(C)(C)COc2ccc(NS(=O)(=O)c3ccc(C)cc3)cc21. The fraction of sp³-hybridized carbons (Fsp3) is 0.286. The number of sulfonamides is 1. The first kappa shape index (κ1) is 19.9. The number of anilines is 2. The number of hydrogen-bond donors (Lipinski definition) is 1. The van der Waals surface area contributed by atoms with Gasteiger partial charge < -0.3 is 9.64 Å². The molecule has 3 rings (SSSR count). The molecule has 0 bridgehead atoms. The molecule has 1 heterocycles. The van der Waals surface area contributed by atoms with E-state index in [-0.39, 0.29) is 17.4 Å². The number of carbonyl (C=O) groups excluding carboxylic acids is 1. The number of nitrogens with zero attached hydrogens (tertiary/aromatic N) is 1. The first-order chi connectivity index (χ1) is 13.1. The van der Waals surface area contributed by atoms with E-state index in [4.69, 9.17) is 4.74 Å². The highest BCUT2D eigenvalue weighted by atomic mass is 32.2. The Kier molecular flexibility index (Phi) is 5.21. The van der Waals surface area contributed by atoms with Crippen LogP contribution in [0.1, 0.15) is 19.4 Å². The molecule has 0 unspecified atom stereocenters. The average molecular weight is 401 g/mol. The van der Waals surface area contributed by atoms with Gasteiger partial charge in [0.2, 0.25) is 5.91 Å². The number of aryl methyl sites for hydroxylation is 1. The van der Waals surface area contributed by atoms with E-state index < -0.39 is 15.4 Å². The summed E-state index contributed by atoms with van der Waals surface area (Å²) in [7, 11) is -3.75. The monoisotopic (exact) mass is 400 g/mol. The van der Waals surface area contributed by atoms with Crippen molar-refractivity contribution < 1.29 is 17.9 Å². The normalized spacial score (nSPS) is 16.0. The van der Waals surface area contributed by atoms with E-state index in [1.54, 1.807) is 53.4 Å². The summed E-state index contributed by atoms with van der Waals surface area (Å²) < 4.78 is 33.8. The molecular weight excluding hydrogens is 376 g/mol. The Balaban J connectivity index is 1.98. The van der Waals surface area contributed by atoms with Crippen molar-refractivity contribution >= 4 is 27.3 Å². The van der Waals surface area contributed by atoms with Crippen molar-refractivity contribution in [1.29, 1.82) is 0 Å². The van der Waals surface area contributed by atoms with Gasteiger partial charge in [0.15, 0.2) is 0 Å². The van der Waals surface area contributed by atoms with Gasteiger partial charge in [-0.15, -0.1) is 6.58 Å². The predicted molar refractivity (Wildman–Crippen MR) is 110 cm³/mol. The molecule has 28 heavy (non-hydrogen) atoms. The van der Waals surface area contributed by atoms with Gasteiger partial charge in [-0.05, 0) is 51.1 Å². The quantitative estimate of drug-likeness (QED) is 0.776. The lowest BCUT2D eigenvalue weighted by Crippen LogP contribution is -2.42. The molecule has 7 heteroatoms. The maximum absolute atomic E-state index is 12.9. The molecule has 1 amide bonds. The molecule has 0 aromatic heterocycles. The minimum Gasteiger partial charge on any atom is -0.490 e. The third kappa shape index (κ3) is 3.89. The van der Waals surface area contributed by atoms with Crippen molar-refractivity contribution in [1.82, 2.24) is 0 Å². The van der Waals surface area contributed by atoms with Crippen LogP contribution >= 0.6 is 0 Å². The molecule has 0 radical (unpaired) electrons. The second-order valence-corrected chi connectivity index (χ2v) is 9.16. The number of amides is 1. The van der Waals surface area contributed by atoms with E-state index in [9.17, 15) is 13.2 Å². The summed E-state index contributed by atoms with van der Waals surface area (Å²) in [6.45, 7) is 9.79. The predicted octanol–water partition coefficient (Wildman–Crippen LogP) is 3.73. The van der Waals surface area contributed by atoms with Crippen LogP contribution in [0.25, 0.3) is 0 Å². The van der Waals surface area contributed by atoms with Gasteiger partial charge in [-0.1, -0.05) is 23.8 Å². The number of carbonyl (C=O) groups is 1. The molecule has 0 atom stereocenters. The molecule has 2 aromatic rings. The van der Waals surface area contributed by atoms with Crippen molar-refractivity contribution in [2.75, 3.05) is 22.8 Å². The summed E-state index contributed by atoms with van der Waals surface area (Å²) in [6, 6.07) is 11.5. The Morgan fingerprint density at radius 2 is 1.89 bits per heavy atom. The van der Waals surface area contributed by atoms with Crippen molar-refractivity contribution in [3.63, 3.8) is 0 Å². The molecule has 6 nitrogen and oxygen atoms in total. The van der Waals surface area contributed by atoms with E-state index in [1.165, 1.54) is 0 Å². The second-order valence-electron chi connectivity index (χ2n) is 7.48. The lowest BCUT2D eigenvalue weighted by Gasteiger charge is -2.27. The van der Waals surface area contributed by atoms with Gasteiger partial charge in [-0.2, -0.15) is 0 Å². The smallest absolute Gasteiger partial charge is 0.261 e. The van der Waals surface area contributed by atoms with Crippen LogP contribution in [0.2, 0.25) is 0 Å². The third-order valence-electron chi connectivity index (χ3n) is 4.56. The van der Waals surface area contributed by atoms with Crippen molar-refractivity contribution in [3.05, 3.63) is 60.7 Å². The lowest BCUT2D eigenvalue weighted by molar-refractivity contribution is -0.127. The van der Waals surface area contributed by atoms with Gasteiger partial charge in [0.05, 0.1) is 21.7 Å². The van der Waals surface area contributed by atoms with E-state index in [1.807, 2.05) is 20.8 Å². The van der Waals surface area contributed by atoms with Crippen LogP contribution in [0.5, 0.6) is 5.75 Å². The fourth-order valence-corrected chi connectivity index (χ4v) is 4.00. The molecule has 0 saturated heterocycles. The minimum absolute atomic E-state index is 0.107. The molecule has 0 saturated carbocycles. The Morgan fingerprint density at radius 3 is 2.54 bits per heavy atom. The average Bonchev–Trinajstić information content (AvgIpc) is 2.72. The highest BCUT2D eigenvalue weighted by Crippen LogP contribution is 2.38. The molecule has 1 aliphatic heterocycles. The molecule has 0 spiro atoms. The number of nitrogens with one attached hydrogen (secondary N) is 1. The maximum Gasteiger partial charge on any atom is 0.261 e. The van der Waals surface area contributed by atoms with Crippen molar-refractivity contribution in [2.24, 2.45) is 5.41 Å². The van der Waals surface area contributed by atoms with E-state index >= 15 is 0 Å². The van der Waals surface area contributed by atoms with Crippen LogP contribution in [0.15, 0.2) is 60.0 Å². The highest BCUT2D eigenvalue weighted by Gasteiger charge is 2.37. The number of fused-ring (bicyclic) bond motifs is 1. The fourth-order valence-electron chi connectivity index (χ4n) is 2.95. The van der Waals surface area contributed by atoms with Crippen LogP contribution in [0, 0.1) is 12.3 Å². The molecule has 0 fully saturated rings. The Hall–Kier alpha value is -2.80. The van der Waals surface area contributed by atoms with Gasteiger partial charge in [-0.3, -0.25) is 9.52 Å².